The summed E-state index contributed by atoms with van der Waals surface area (Å²) in [5.74, 6) is 0.626. The second-order valence-electron chi connectivity index (χ2n) is 5.77. The van der Waals surface area contributed by atoms with Crippen LogP contribution in [0.15, 0.2) is 24.3 Å². The van der Waals surface area contributed by atoms with Gasteiger partial charge in [-0.15, -0.1) is 0 Å². The van der Waals surface area contributed by atoms with Crippen LogP contribution >= 0.6 is 0 Å². The Morgan fingerprint density at radius 1 is 1.32 bits per heavy atom. The third-order valence-electron chi connectivity index (χ3n) is 2.82. The van der Waals surface area contributed by atoms with E-state index in [1.54, 1.807) is 6.07 Å². The number of nitrogens with one attached hydrogen (secondary N) is 2. The molecule has 0 aliphatic rings. The average Bonchev–Trinajstić information content (AvgIpc) is 2.67. The molecule has 0 aliphatic carbocycles. The van der Waals surface area contributed by atoms with Crippen LogP contribution in [0.2, 0.25) is 0 Å². The van der Waals surface area contributed by atoms with E-state index in [-0.39, 0.29) is 11.4 Å². The zero-order valence-corrected chi connectivity index (χ0v) is 11.8. The molecule has 0 radical (unpaired) electrons. The van der Waals surface area contributed by atoms with Crippen molar-refractivity contribution in [3.8, 4) is 11.3 Å². The molecule has 3 nitrogen and oxygen atoms in total. The molecule has 2 aromatic rings. The standard InChI is InChI=1S/C15H20FN3/c1-10-14(11-6-5-7-12(16)8-11)19-13(18-10)9-17-15(2,3)4/h5-8,17H,9H2,1-4H3,(H,18,19). The van der Waals surface area contributed by atoms with Crippen LogP contribution in [0.5, 0.6) is 0 Å². The highest BCUT2D eigenvalue weighted by Gasteiger charge is 2.13. The molecule has 0 spiro atoms. The molecule has 0 fully saturated rings. The molecule has 4 heteroatoms. The first kappa shape index (κ1) is 13.7. The fourth-order valence-electron chi connectivity index (χ4n) is 1.87. The number of aromatic nitrogens is 2. The molecule has 102 valence electrons. The topological polar surface area (TPSA) is 40.7 Å². The Balaban J connectivity index is 2.22. The second kappa shape index (κ2) is 5.13. The van der Waals surface area contributed by atoms with Crippen molar-refractivity contribution < 1.29 is 4.39 Å². The highest BCUT2D eigenvalue weighted by atomic mass is 19.1. The molecular weight excluding hydrogens is 241 g/mol. The van der Waals surface area contributed by atoms with Crippen molar-refractivity contribution in [2.75, 3.05) is 0 Å². The van der Waals surface area contributed by atoms with Gasteiger partial charge in [-0.25, -0.2) is 9.37 Å². The third kappa shape index (κ3) is 3.64. The monoisotopic (exact) mass is 261 g/mol. The minimum Gasteiger partial charge on any atom is -0.344 e. The Morgan fingerprint density at radius 2 is 2.05 bits per heavy atom. The quantitative estimate of drug-likeness (QED) is 0.889. The lowest BCUT2D eigenvalue weighted by atomic mass is 10.1. The lowest BCUT2D eigenvalue weighted by Crippen LogP contribution is -2.35. The third-order valence-corrected chi connectivity index (χ3v) is 2.82. The van der Waals surface area contributed by atoms with Crippen LogP contribution in [0, 0.1) is 12.7 Å². The second-order valence-corrected chi connectivity index (χ2v) is 5.77. The maximum absolute atomic E-state index is 13.2. The molecule has 2 N–H and O–H groups in total. The van der Waals surface area contributed by atoms with Crippen molar-refractivity contribution >= 4 is 0 Å². The largest absolute Gasteiger partial charge is 0.344 e. The molecule has 0 unspecified atom stereocenters. The van der Waals surface area contributed by atoms with Gasteiger partial charge in [0.25, 0.3) is 0 Å². The maximum Gasteiger partial charge on any atom is 0.123 e. The normalized spacial score (nSPS) is 11.8. The molecule has 0 aliphatic heterocycles. The number of imidazole rings is 1. The number of aromatic amines is 1. The number of nitrogens with zero attached hydrogens (tertiary/aromatic N) is 1. The fraction of sp³-hybridized carbons (Fsp3) is 0.400. The summed E-state index contributed by atoms with van der Waals surface area (Å²) < 4.78 is 13.2. The summed E-state index contributed by atoms with van der Waals surface area (Å²) in [6, 6.07) is 6.51. The predicted octanol–water partition coefficient (Wildman–Crippen LogP) is 3.41. The van der Waals surface area contributed by atoms with Gasteiger partial charge in [-0.05, 0) is 39.8 Å². The summed E-state index contributed by atoms with van der Waals surface area (Å²) in [7, 11) is 0. The first-order valence-electron chi connectivity index (χ1n) is 6.41. The minimum atomic E-state index is -0.241. The average molecular weight is 261 g/mol. The van der Waals surface area contributed by atoms with Gasteiger partial charge in [0.05, 0.1) is 12.2 Å². The number of hydrogen-bond acceptors (Lipinski definition) is 2. The first-order valence-corrected chi connectivity index (χ1v) is 6.41. The van der Waals surface area contributed by atoms with E-state index in [0.717, 1.165) is 22.8 Å². The van der Waals surface area contributed by atoms with Gasteiger partial charge in [0, 0.05) is 16.8 Å². The Labute approximate surface area is 113 Å². The van der Waals surface area contributed by atoms with E-state index < -0.39 is 0 Å². The smallest absolute Gasteiger partial charge is 0.123 e. The molecule has 1 aromatic heterocycles. The first-order chi connectivity index (χ1) is 8.85. The SMILES string of the molecule is Cc1[nH]c(CNC(C)(C)C)nc1-c1cccc(F)c1. The van der Waals surface area contributed by atoms with Crippen LogP contribution in [0.4, 0.5) is 4.39 Å². The van der Waals surface area contributed by atoms with Crippen molar-refractivity contribution in [1.82, 2.24) is 15.3 Å². The number of halogens is 1. The van der Waals surface area contributed by atoms with Crippen molar-refractivity contribution in [3.63, 3.8) is 0 Å². The van der Waals surface area contributed by atoms with Crippen molar-refractivity contribution in [2.24, 2.45) is 0 Å². The van der Waals surface area contributed by atoms with E-state index in [4.69, 9.17) is 0 Å². The molecular formula is C15H20FN3. The van der Waals surface area contributed by atoms with Crippen LogP contribution < -0.4 is 5.32 Å². The van der Waals surface area contributed by atoms with Crippen LogP contribution in [0.1, 0.15) is 32.3 Å². The van der Waals surface area contributed by atoms with E-state index in [1.165, 1.54) is 12.1 Å². The van der Waals surface area contributed by atoms with E-state index in [2.05, 4.69) is 36.1 Å². The Bertz CT molecular complexity index is 567. The van der Waals surface area contributed by atoms with Gasteiger partial charge in [0.2, 0.25) is 0 Å². The predicted molar refractivity (Wildman–Crippen MR) is 75.3 cm³/mol. The lowest BCUT2D eigenvalue weighted by Gasteiger charge is -2.19. The van der Waals surface area contributed by atoms with Gasteiger partial charge < -0.3 is 10.3 Å². The number of H-pyrrole nitrogens is 1. The summed E-state index contributed by atoms with van der Waals surface area (Å²) in [6.07, 6.45) is 0. The van der Waals surface area contributed by atoms with Crippen LogP contribution in [0.25, 0.3) is 11.3 Å². The maximum atomic E-state index is 13.2. The van der Waals surface area contributed by atoms with Gasteiger partial charge in [-0.2, -0.15) is 0 Å². The molecule has 2 rings (SSSR count). The van der Waals surface area contributed by atoms with Crippen LogP contribution in [0.3, 0.4) is 0 Å². The summed E-state index contributed by atoms with van der Waals surface area (Å²) >= 11 is 0. The summed E-state index contributed by atoms with van der Waals surface area (Å²) in [6.45, 7) is 8.94. The lowest BCUT2D eigenvalue weighted by molar-refractivity contribution is 0.418. The van der Waals surface area contributed by atoms with Crippen molar-refractivity contribution in [2.45, 2.75) is 39.8 Å². The molecule has 1 aromatic carbocycles. The van der Waals surface area contributed by atoms with Gasteiger partial charge in [-0.3, -0.25) is 0 Å². The van der Waals surface area contributed by atoms with E-state index in [0.29, 0.717) is 6.54 Å². The number of aryl methyl sites for hydroxylation is 1. The van der Waals surface area contributed by atoms with Gasteiger partial charge in [-0.1, -0.05) is 12.1 Å². The zero-order valence-electron chi connectivity index (χ0n) is 11.8. The molecule has 0 saturated carbocycles. The van der Waals surface area contributed by atoms with E-state index >= 15 is 0 Å². The highest BCUT2D eigenvalue weighted by molar-refractivity contribution is 5.61. The molecule has 1 heterocycles. The summed E-state index contributed by atoms with van der Waals surface area (Å²) in [4.78, 5) is 7.78. The minimum absolute atomic E-state index is 0.0414. The fourth-order valence-corrected chi connectivity index (χ4v) is 1.87. The van der Waals surface area contributed by atoms with Gasteiger partial charge >= 0.3 is 0 Å². The van der Waals surface area contributed by atoms with E-state index in [9.17, 15) is 4.39 Å². The molecule has 0 atom stereocenters. The Morgan fingerprint density at radius 3 is 2.68 bits per heavy atom. The molecule has 19 heavy (non-hydrogen) atoms. The van der Waals surface area contributed by atoms with Crippen LogP contribution in [-0.4, -0.2) is 15.5 Å². The Hall–Kier alpha value is -1.68. The van der Waals surface area contributed by atoms with Crippen molar-refractivity contribution in [3.05, 3.63) is 41.6 Å². The highest BCUT2D eigenvalue weighted by Crippen LogP contribution is 2.21. The number of rotatable bonds is 3. The summed E-state index contributed by atoms with van der Waals surface area (Å²) in [5.41, 5.74) is 2.61. The summed E-state index contributed by atoms with van der Waals surface area (Å²) in [5, 5.41) is 3.37. The van der Waals surface area contributed by atoms with Gasteiger partial charge in [0.1, 0.15) is 11.6 Å². The van der Waals surface area contributed by atoms with Crippen LogP contribution in [-0.2, 0) is 6.54 Å². The molecule has 0 bridgehead atoms. The molecule has 0 amide bonds. The number of hydrogen-bond donors (Lipinski definition) is 2. The number of benzene rings is 1. The van der Waals surface area contributed by atoms with Crippen molar-refractivity contribution in [1.29, 1.82) is 0 Å². The van der Waals surface area contributed by atoms with E-state index in [1.807, 2.05) is 13.0 Å². The van der Waals surface area contributed by atoms with Gasteiger partial charge in [0.15, 0.2) is 0 Å². The zero-order chi connectivity index (χ0) is 14.0. The molecule has 0 saturated heterocycles. The Kier molecular flexibility index (Phi) is 3.71.